The molecule has 0 radical (unpaired) electrons. The fraction of sp³-hybridized carbons (Fsp3) is 0.571. The van der Waals surface area contributed by atoms with Crippen molar-refractivity contribution in [3.63, 3.8) is 0 Å². The number of aryl methyl sites for hydroxylation is 1. The van der Waals surface area contributed by atoms with Crippen molar-refractivity contribution in [2.75, 3.05) is 0 Å². The highest BCUT2D eigenvalue weighted by atomic mass is 32.1. The Morgan fingerprint density at radius 3 is 2.77 bits per heavy atom. The van der Waals surface area contributed by atoms with E-state index >= 15 is 0 Å². The van der Waals surface area contributed by atoms with Gasteiger partial charge in [-0.25, -0.2) is 13.8 Å². The van der Waals surface area contributed by atoms with Crippen molar-refractivity contribution in [3.05, 3.63) is 16.1 Å². The third-order valence-electron chi connectivity index (χ3n) is 1.58. The van der Waals surface area contributed by atoms with Gasteiger partial charge < -0.3 is 0 Å². The zero-order chi connectivity index (χ0) is 9.84. The smallest absolute Gasteiger partial charge is 0.255 e. The lowest BCUT2D eigenvalue weighted by Gasteiger charge is -2.12. The van der Waals surface area contributed by atoms with E-state index < -0.39 is 12.5 Å². The standard InChI is InChI=1S/C7H11F2N3S/c1-4-3-13-6(11-4)2-5(12-10)7(8)9/h3,5,7,12H,2,10H2,1H3. The molecule has 3 N–H and O–H groups in total. The summed E-state index contributed by atoms with van der Waals surface area (Å²) in [5.74, 6) is 4.98. The van der Waals surface area contributed by atoms with Gasteiger partial charge in [-0.3, -0.25) is 11.3 Å². The number of hydrogen-bond donors (Lipinski definition) is 2. The van der Waals surface area contributed by atoms with Crippen molar-refractivity contribution in [2.45, 2.75) is 25.8 Å². The van der Waals surface area contributed by atoms with Gasteiger partial charge in [0.15, 0.2) is 0 Å². The summed E-state index contributed by atoms with van der Waals surface area (Å²) in [5.41, 5.74) is 2.93. The summed E-state index contributed by atoms with van der Waals surface area (Å²) in [6.07, 6.45) is -2.29. The number of aromatic nitrogens is 1. The lowest BCUT2D eigenvalue weighted by Crippen LogP contribution is -2.42. The van der Waals surface area contributed by atoms with Crippen molar-refractivity contribution in [3.8, 4) is 0 Å². The van der Waals surface area contributed by atoms with Crippen LogP contribution < -0.4 is 11.3 Å². The Balaban J connectivity index is 2.56. The predicted octanol–water partition coefficient (Wildman–Crippen LogP) is 1.09. The molecule has 3 nitrogen and oxygen atoms in total. The van der Waals surface area contributed by atoms with E-state index in [0.717, 1.165) is 5.69 Å². The minimum atomic E-state index is -2.46. The zero-order valence-electron chi connectivity index (χ0n) is 7.13. The van der Waals surface area contributed by atoms with E-state index in [1.165, 1.54) is 11.3 Å². The molecule has 1 aromatic rings. The van der Waals surface area contributed by atoms with Gasteiger partial charge in [0.05, 0.1) is 11.0 Å². The Morgan fingerprint density at radius 2 is 2.38 bits per heavy atom. The van der Waals surface area contributed by atoms with Crippen LogP contribution in [0.1, 0.15) is 10.7 Å². The first-order valence-electron chi connectivity index (χ1n) is 3.78. The van der Waals surface area contributed by atoms with E-state index in [1.807, 2.05) is 12.3 Å². The average Bonchev–Trinajstić information content (AvgIpc) is 2.46. The molecule has 13 heavy (non-hydrogen) atoms. The van der Waals surface area contributed by atoms with E-state index in [2.05, 4.69) is 10.4 Å². The van der Waals surface area contributed by atoms with Crippen molar-refractivity contribution in [1.82, 2.24) is 10.4 Å². The number of thiazole rings is 1. The summed E-state index contributed by atoms with van der Waals surface area (Å²) in [6, 6.07) is -1.01. The van der Waals surface area contributed by atoms with E-state index in [4.69, 9.17) is 5.84 Å². The molecule has 1 aromatic heterocycles. The highest BCUT2D eigenvalue weighted by molar-refractivity contribution is 7.09. The Labute approximate surface area is 78.9 Å². The fourth-order valence-electron chi connectivity index (χ4n) is 0.905. The first kappa shape index (κ1) is 10.5. The van der Waals surface area contributed by atoms with Crippen molar-refractivity contribution >= 4 is 11.3 Å². The summed E-state index contributed by atoms with van der Waals surface area (Å²) in [5, 5.41) is 2.51. The van der Waals surface area contributed by atoms with Gasteiger partial charge in [-0.05, 0) is 6.92 Å². The van der Waals surface area contributed by atoms with Crippen LogP contribution in [0, 0.1) is 6.92 Å². The molecule has 0 aliphatic rings. The van der Waals surface area contributed by atoms with Crippen molar-refractivity contribution in [1.29, 1.82) is 0 Å². The molecule has 0 aliphatic heterocycles. The summed E-state index contributed by atoms with van der Waals surface area (Å²) >= 11 is 1.37. The van der Waals surface area contributed by atoms with Gasteiger partial charge in [-0.2, -0.15) is 0 Å². The highest BCUT2D eigenvalue weighted by Gasteiger charge is 2.20. The summed E-state index contributed by atoms with van der Waals surface area (Å²) in [7, 11) is 0. The molecule has 1 heterocycles. The molecule has 1 rings (SSSR count). The number of hydrogen-bond acceptors (Lipinski definition) is 4. The van der Waals surface area contributed by atoms with E-state index in [1.54, 1.807) is 0 Å². The predicted molar refractivity (Wildman–Crippen MR) is 47.7 cm³/mol. The van der Waals surface area contributed by atoms with Crippen LogP contribution in [0.25, 0.3) is 0 Å². The van der Waals surface area contributed by atoms with E-state index in [0.29, 0.717) is 5.01 Å². The Morgan fingerprint density at radius 1 is 1.69 bits per heavy atom. The molecule has 0 spiro atoms. The summed E-state index contributed by atoms with van der Waals surface area (Å²) in [6.45, 7) is 1.83. The molecule has 0 aromatic carbocycles. The summed E-state index contributed by atoms with van der Waals surface area (Å²) in [4.78, 5) is 4.07. The van der Waals surface area contributed by atoms with Crippen LogP contribution in [0.5, 0.6) is 0 Å². The molecular formula is C7H11F2N3S. The largest absolute Gasteiger partial charge is 0.271 e. The van der Waals surface area contributed by atoms with Gasteiger partial charge in [0, 0.05) is 17.5 Å². The normalized spacial score (nSPS) is 13.6. The minimum absolute atomic E-state index is 0.173. The molecule has 74 valence electrons. The molecule has 0 bridgehead atoms. The quantitative estimate of drug-likeness (QED) is 0.574. The van der Waals surface area contributed by atoms with Gasteiger partial charge in [0.2, 0.25) is 0 Å². The summed E-state index contributed by atoms with van der Waals surface area (Å²) < 4.78 is 24.5. The molecule has 0 saturated heterocycles. The van der Waals surface area contributed by atoms with Crippen LogP contribution in [-0.2, 0) is 6.42 Å². The molecule has 0 amide bonds. The number of rotatable bonds is 4. The van der Waals surface area contributed by atoms with Gasteiger partial charge in [0.1, 0.15) is 0 Å². The SMILES string of the molecule is Cc1csc(CC(NN)C(F)F)n1. The van der Waals surface area contributed by atoms with Crippen LogP contribution in [0.4, 0.5) is 8.78 Å². The number of alkyl halides is 2. The molecule has 0 aliphatic carbocycles. The second kappa shape index (κ2) is 4.59. The second-order valence-electron chi connectivity index (χ2n) is 2.69. The van der Waals surface area contributed by atoms with Crippen molar-refractivity contribution in [2.24, 2.45) is 5.84 Å². The third kappa shape index (κ3) is 2.98. The number of nitrogens with zero attached hydrogens (tertiary/aromatic N) is 1. The second-order valence-corrected chi connectivity index (χ2v) is 3.64. The lowest BCUT2D eigenvalue weighted by atomic mass is 10.2. The Kier molecular flexibility index (Phi) is 3.71. The Hall–Kier alpha value is -0.590. The van der Waals surface area contributed by atoms with Crippen LogP contribution in [0.3, 0.4) is 0 Å². The van der Waals surface area contributed by atoms with E-state index in [9.17, 15) is 8.78 Å². The van der Waals surface area contributed by atoms with Crippen LogP contribution >= 0.6 is 11.3 Å². The third-order valence-corrected chi connectivity index (χ3v) is 2.57. The molecule has 1 atom stereocenters. The number of nitrogens with one attached hydrogen (secondary N) is 1. The lowest BCUT2D eigenvalue weighted by molar-refractivity contribution is 0.0984. The number of halogens is 2. The number of hydrazine groups is 1. The van der Waals surface area contributed by atoms with Crippen molar-refractivity contribution < 1.29 is 8.78 Å². The molecule has 6 heteroatoms. The molecule has 0 fully saturated rings. The topological polar surface area (TPSA) is 50.9 Å². The van der Waals surface area contributed by atoms with E-state index in [-0.39, 0.29) is 6.42 Å². The van der Waals surface area contributed by atoms with Crippen LogP contribution in [-0.4, -0.2) is 17.5 Å². The Bertz CT molecular complexity index is 264. The van der Waals surface area contributed by atoms with Crippen LogP contribution in [0.2, 0.25) is 0 Å². The maximum atomic E-state index is 12.2. The van der Waals surface area contributed by atoms with Gasteiger partial charge >= 0.3 is 0 Å². The fourth-order valence-corrected chi connectivity index (χ4v) is 1.74. The van der Waals surface area contributed by atoms with Gasteiger partial charge in [0.25, 0.3) is 6.43 Å². The monoisotopic (exact) mass is 207 g/mol. The maximum absolute atomic E-state index is 12.2. The maximum Gasteiger partial charge on any atom is 0.255 e. The average molecular weight is 207 g/mol. The zero-order valence-corrected chi connectivity index (χ0v) is 7.94. The molecular weight excluding hydrogens is 196 g/mol. The van der Waals surface area contributed by atoms with Gasteiger partial charge in [-0.1, -0.05) is 0 Å². The first-order chi connectivity index (χ1) is 6.13. The first-order valence-corrected chi connectivity index (χ1v) is 4.66. The molecule has 1 unspecified atom stereocenters. The molecule has 0 saturated carbocycles. The van der Waals surface area contributed by atoms with Crippen LogP contribution in [0.15, 0.2) is 5.38 Å². The van der Waals surface area contributed by atoms with Gasteiger partial charge in [-0.15, -0.1) is 11.3 Å². The minimum Gasteiger partial charge on any atom is -0.271 e. The highest BCUT2D eigenvalue weighted by Crippen LogP contribution is 2.13. The number of nitrogens with two attached hydrogens (primary N) is 1.